The van der Waals surface area contributed by atoms with Gasteiger partial charge in [0.2, 0.25) is 0 Å². The fourth-order valence-electron chi connectivity index (χ4n) is 3.19. The third-order valence-corrected chi connectivity index (χ3v) is 5.23. The Balaban J connectivity index is 3.77. The third-order valence-electron chi connectivity index (χ3n) is 5.23. The Morgan fingerprint density at radius 3 is 1.61 bits per heavy atom. The lowest BCUT2D eigenvalue weighted by atomic mass is 10.0. The summed E-state index contributed by atoms with van der Waals surface area (Å²) in [5.74, 6) is -0.709. The number of likely N-dealkylation sites (N-methyl/N-ethyl adjacent to an activating group) is 1. The molecule has 4 atom stereocenters. The van der Waals surface area contributed by atoms with Crippen LogP contribution in [-0.4, -0.2) is 81.0 Å². The van der Waals surface area contributed by atoms with Crippen molar-refractivity contribution in [2.45, 2.75) is 108 Å². The van der Waals surface area contributed by atoms with Gasteiger partial charge in [0.05, 0.1) is 6.61 Å². The molecule has 0 spiro atoms. The highest BCUT2D eigenvalue weighted by atomic mass is 16.4. The number of amides is 1. The molecule has 0 unspecified atom stereocenters. The van der Waals surface area contributed by atoms with Crippen LogP contribution in [0.15, 0.2) is 0 Å². The van der Waals surface area contributed by atoms with Gasteiger partial charge in [-0.3, -0.25) is 4.79 Å². The molecule has 0 saturated heterocycles. The van der Waals surface area contributed by atoms with Gasteiger partial charge in [0.25, 0.3) is 5.91 Å². The minimum atomic E-state index is -1.85. The molecule has 0 aromatic rings. The molecule has 0 heterocycles. The van der Waals surface area contributed by atoms with Crippen LogP contribution in [-0.2, 0) is 4.79 Å². The Hall–Kier alpha value is -0.730. The van der Waals surface area contributed by atoms with Gasteiger partial charge < -0.3 is 30.4 Å². The molecule has 0 aliphatic rings. The molecule has 0 fully saturated rings. The van der Waals surface area contributed by atoms with Gasteiger partial charge in [-0.2, -0.15) is 0 Å². The highest BCUT2D eigenvalue weighted by Gasteiger charge is 2.35. The zero-order valence-electron chi connectivity index (χ0n) is 17.8. The molecule has 168 valence electrons. The van der Waals surface area contributed by atoms with E-state index in [0.717, 1.165) is 19.3 Å². The molecule has 0 aliphatic heterocycles. The lowest BCUT2D eigenvalue weighted by Gasteiger charge is -2.28. The summed E-state index contributed by atoms with van der Waals surface area (Å²) in [4.78, 5) is 13.4. The van der Waals surface area contributed by atoms with Gasteiger partial charge in [-0.1, -0.05) is 77.6 Å². The van der Waals surface area contributed by atoms with Crippen molar-refractivity contribution in [2.24, 2.45) is 0 Å². The third kappa shape index (κ3) is 12.0. The molecule has 1 amide bonds. The molecule has 0 radical (unpaired) electrons. The number of aliphatic hydroxyl groups is 5. The number of hydrogen-bond donors (Lipinski definition) is 5. The van der Waals surface area contributed by atoms with E-state index in [9.17, 15) is 25.2 Å². The molecule has 28 heavy (non-hydrogen) atoms. The van der Waals surface area contributed by atoms with Crippen molar-refractivity contribution >= 4 is 5.91 Å². The molecule has 0 aliphatic carbocycles. The van der Waals surface area contributed by atoms with E-state index in [2.05, 4.69) is 6.92 Å². The summed E-state index contributed by atoms with van der Waals surface area (Å²) in [6, 6.07) is 0. The summed E-state index contributed by atoms with van der Waals surface area (Å²) >= 11 is 0. The predicted molar refractivity (Wildman–Crippen MR) is 110 cm³/mol. The zero-order chi connectivity index (χ0) is 21.4. The second-order valence-electron chi connectivity index (χ2n) is 7.82. The van der Waals surface area contributed by atoms with Crippen molar-refractivity contribution in [3.8, 4) is 0 Å². The van der Waals surface area contributed by atoms with Crippen LogP contribution in [0.25, 0.3) is 0 Å². The summed E-state index contributed by atoms with van der Waals surface area (Å²) in [6.07, 6.45) is 7.57. The monoisotopic (exact) mass is 405 g/mol. The second kappa shape index (κ2) is 17.2. The van der Waals surface area contributed by atoms with E-state index in [0.29, 0.717) is 6.54 Å². The number of rotatable bonds is 18. The molecule has 5 N–H and O–H groups in total. The Bertz CT molecular complexity index is 382. The summed E-state index contributed by atoms with van der Waals surface area (Å²) in [6.45, 7) is 1.92. The number of carbonyl (C=O) groups excluding carboxylic acids is 1. The van der Waals surface area contributed by atoms with E-state index in [-0.39, 0.29) is 0 Å². The van der Waals surface area contributed by atoms with Crippen molar-refractivity contribution in [1.82, 2.24) is 4.90 Å². The number of aliphatic hydroxyl groups excluding tert-OH is 5. The molecular weight excluding hydrogens is 362 g/mol. The maximum Gasteiger partial charge on any atom is 0.253 e. The first-order valence-corrected chi connectivity index (χ1v) is 10.9. The Morgan fingerprint density at radius 2 is 1.18 bits per heavy atom. The van der Waals surface area contributed by atoms with Crippen molar-refractivity contribution < 1.29 is 30.3 Å². The topological polar surface area (TPSA) is 121 Å². The van der Waals surface area contributed by atoms with E-state index >= 15 is 0 Å². The van der Waals surface area contributed by atoms with E-state index in [4.69, 9.17) is 5.11 Å². The summed E-state index contributed by atoms with van der Waals surface area (Å²) < 4.78 is 0. The molecule has 0 rings (SSSR count). The van der Waals surface area contributed by atoms with Crippen LogP contribution in [0.4, 0.5) is 0 Å². The normalized spacial score (nSPS) is 15.8. The van der Waals surface area contributed by atoms with Gasteiger partial charge in [-0.05, 0) is 6.42 Å². The fourth-order valence-corrected chi connectivity index (χ4v) is 3.19. The van der Waals surface area contributed by atoms with E-state index in [1.807, 2.05) is 0 Å². The van der Waals surface area contributed by atoms with Crippen LogP contribution >= 0.6 is 0 Å². The SMILES string of the molecule is CCCCCCCCCCCCCCN(C)C(=O)[C@H](O)[C@@H](O)[C@H](O)[C@H](O)CO. The number of nitrogens with zero attached hydrogens (tertiary/aromatic N) is 1. The maximum absolute atomic E-state index is 12.1. The molecular formula is C21H43NO6. The summed E-state index contributed by atoms with van der Waals surface area (Å²) in [7, 11) is 1.53. The average Bonchev–Trinajstić information content (AvgIpc) is 2.71. The number of hydrogen-bond acceptors (Lipinski definition) is 6. The van der Waals surface area contributed by atoms with Gasteiger partial charge in [0, 0.05) is 13.6 Å². The van der Waals surface area contributed by atoms with Crippen molar-refractivity contribution in [2.75, 3.05) is 20.2 Å². The minimum absolute atomic E-state index is 0.457. The van der Waals surface area contributed by atoms with Crippen molar-refractivity contribution in [1.29, 1.82) is 0 Å². The Labute approximate surface area is 170 Å². The van der Waals surface area contributed by atoms with Crippen LogP contribution in [0.1, 0.15) is 84.0 Å². The van der Waals surface area contributed by atoms with Gasteiger partial charge in [-0.15, -0.1) is 0 Å². The molecule has 0 saturated carbocycles. The molecule has 0 aromatic heterocycles. The lowest BCUT2D eigenvalue weighted by molar-refractivity contribution is -0.157. The number of unbranched alkanes of at least 4 members (excludes halogenated alkanes) is 11. The molecule has 7 nitrogen and oxygen atoms in total. The van der Waals surface area contributed by atoms with Crippen LogP contribution in [0, 0.1) is 0 Å². The van der Waals surface area contributed by atoms with Crippen LogP contribution in [0.3, 0.4) is 0 Å². The highest BCUT2D eigenvalue weighted by molar-refractivity contribution is 5.81. The smallest absolute Gasteiger partial charge is 0.253 e. The second-order valence-corrected chi connectivity index (χ2v) is 7.82. The van der Waals surface area contributed by atoms with E-state index in [1.54, 1.807) is 0 Å². The lowest BCUT2D eigenvalue weighted by Crippen LogP contribution is -2.52. The van der Waals surface area contributed by atoms with Gasteiger partial charge in [0.1, 0.15) is 18.3 Å². The van der Waals surface area contributed by atoms with Gasteiger partial charge in [-0.25, -0.2) is 0 Å². The van der Waals surface area contributed by atoms with Crippen molar-refractivity contribution in [3.05, 3.63) is 0 Å². The summed E-state index contributed by atoms with van der Waals surface area (Å²) in [5.41, 5.74) is 0. The predicted octanol–water partition coefficient (Wildman–Crippen LogP) is 1.58. The first-order chi connectivity index (χ1) is 13.4. The quantitative estimate of drug-likeness (QED) is 0.221. The first kappa shape index (κ1) is 27.3. The highest BCUT2D eigenvalue weighted by Crippen LogP contribution is 2.13. The van der Waals surface area contributed by atoms with Crippen LogP contribution < -0.4 is 0 Å². The van der Waals surface area contributed by atoms with Gasteiger partial charge in [0.15, 0.2) is 6.10 Å². The molecule has 0 bridgehead atoms. The van der Waals surface area contributed by atoms with E-state index in [1.165, 1.54) is 69.7 Å². The maximum atomic E-state index is 12.1. The zero-order valence-corrected chi connectivity index (χ0v) is 17.8. The Morgan fingerprint density at radius 1 is 0.750 bits per heavy atom. The fraction of sp³-hybridized carbons (Fsp3) is 0.952. The number of carbonyl (C=O) groups is 1. The Kier molecular flexibility index (Phi) is 16.7. The minimum Gasteiger partial charge on any atom is -0.394 e. The summed E-state index contributed by atoms with van der Waals surface area (Å²) in [5, 5.41) is 47.3. The average molecular weight is 406 g/mol. The first-order valence-electron chi connectivity index (χ1n) is 10.9. The standard InChI is InChI=1S/C21H43NO6/c1-3-4-5-6-7-8-9-10-11-12-13-14-15-22(2)21(28)20(27)19(26)18(25)17(24)16-23/h17-20,23-27H,3-16H2,1-2H3/t17-,18-,19+,20-/m1/s1. The van der Waals surface area contributed by atoms with Crippen LogP contribution in [0.2, 0.25) is 0 Å². The molecule has 7 heteroatoms. The molecule has 0 aromatic carbocycles. The van der Waals surface area contributed by atoms with Crippen LogP contribution in [0.5, 0.6) is 0 Å². The van der Waals surface area contributed by atoms with E-state index < -0.39 is 36.9 Å². The van der Waals surface area contributed by atoms with Crippen molar-refractivity contribution in [3.63, 3.8) is 0 Å². The largest absolute Gasteiger partial charge is 0.394 e. The van der Waals surface area contributed by atoms with Gasteiger partial charge >= 0.3 is 0 Å².